The van der Waals surface area contributed by atoms with E-state index < -0.39 is 9.84 Å². The van der Waals surface area contributed by atoms with Crippen LogP contribution in [-0.2, 0) is 21.1 Å². The predicted molar refractivity (Wildman–Crippen MR) is 119 cm³/mol. The minimum atomic E-state index is -2.96. The van der Waals surface area contributed by atoms with Crippen molar-refractivity contribution in [3.05, 3.63) is 41.2 Å². The SMILES string of the molecule is COc1cccc(CC(=O)N2CCN(c3c(C)nn(C4CCS(=O)(=O)C4)c3C)CC2)c1. The van der Waals surface area contributed by atoms with E-state index in [9.17, 15) is 13.2 Å². The third-order valence-electron chi connectivity index (χ3n) is 6.28. The maximum absolute atomic E-state index is 12.8. The lowest BCUT2D eigenvalue weighted by molar-refractivity contribution is -0.130. The summed E-state index contributed by atoms with van der Waals surface area (Å²) in [5.41, 5.74) is 3.95. The van der Waals surface area contributed by atoms with Gasteiger partial charge in [0.05, 0.1) is 48.2 Å². The van der Waals surface area contributed by atoms with E-state index in [0.717, 1.165) is 41.5 Å². The highest BCUT2D eigenvalue weighted by atomic mass is 32.2. The molecule has 4 rings (SSSR count). The second-order valence-electron chi connectivity index (χ2n) is 8.42. The van der Waals surface area contributed by atoms with Crippen LogP contribution in [-0.4, -0.2) is 73.8 Å². The molecule has 8 nitrogen and oxygen atoms in total. The van der Waals surface area contributed by atoms with Crippen LogP contribution in [0.25, 0.3) is 0 Å². The topological polar surface area (TPSA) is 84.7 Å². The molecule has 9 heteroatoms. The molecule has 1 amide bonds. The first kappa shape index (κ1) is 21.7. The third kappa shape index (κ3) is 4.56. The molecule has 2 saturated heterocycles. The Hall–Kier alpha value is -2.55. The molecule has 2 aliphatic heterocycles. The predicted octanol–water partition coefficient (Wildman–Crippen LogP) is 1.76. The molecule has 0 radical (unpaired) electrons. The van der Waals surface area contributed by atoms with Gasteiger partial charge in [-0.1, -0.05) is 12.1 Å². The van der Waals surface area contributed by atoms with E-state index in [-0.39, 0.29) is 23.5 Å². The monoisotopic (exact) mass is 446 g/mol. The van der Waals surface area contributed by atoms with Gasteiger partial charge in [-0.25, -0.2) is 8.42 Å². The number of sulfone groups is 1. The summed E-state index contributed by atoms with van der Waals surface area (Å²) in [6.45, 7) is 6.78. The van der Waals surface area contributed by atoms with Gasteiger partial charge in [0.15, 0.2) is 9.84 Å². The lowest BCUT2D eigenvalue weighted by atomic mass is 10.1. The number of hydrogen-bond acceptors (Lipinski definition) is 6. The molecule has 2 aliphatic rings. The van der Waals surface area contributed by atoms with Gasteiger partial charge < -0.3 is 14.5 Å². The number of ether oxygens (including phenoxy) is 1. The number of methoxy groups -OCH3 is 1. The summed E-state index contributed by atoms with van der Waals surface area (Å²) in [4.78, 5) is 17.0. The van der Waals surface area contributed by atoms with Gasteiger partial charge in [0.2, 0.25) is 5.91 Å². The van der Waals surface area contributed by atoms with Gasteiger partial charge in [-0.15, -0.1) is 0 Å². The molecule has 168 valence electrons. The van der Waals surface area contributed by atoms with Crippen molar-refractivity contribution in [2.45, 2.75) is 32.7 Å². The van der Waals surface area contributed by atoms with Crippen molar-refractivity contribution in [1.82, 2.24) is 14.7 Å². The van der Waals surface area contributed by atoms with Crippen LogP contribution in [0.15, 0.2) is 24.3 Å². The fourth-order valence-corrected chi connectivity index (χ4v) is 6.38. The molecule has 1 aromatic heterocycles. The standard InChI is InChI=1S/C22H30N4O4S/c1-16-22(17(2)26(23-16)19-7-12-31(28,29)15-19)25-10-8-24(9-11-25)21(27)14-18-5-4-6-20(13-18)30-3/h4-6,13,19H,7-12,14-15H2,1-3H3. The fraction of sp³-hybridized carbons (Fsp3) is 0.545. The molecule has 0 N–H and O–H groups in total. The second-order valence-corrected chi connectivity index (χ2v) is 10.6. The summed E-state index contributed by atoms with van der Waals surface area (Å²) in [5.74, 6) is 1.28. The molecule has 31 heavy (non-hydrogen) atoms. The van der Waals surface area contributed by atoms with E-state index >= 15 is 0 Å². The molecule has 2 aromatic rings. The number of carbonyl (C=O) groups excluding carboxylic acids is 1. The van der Waals surface area contributed by atoms with Crippen LogP contribution in [0.5, 0.6) is 5.75 Å². The molecular formula is C22H30N4O4S. The first-order chi connectivity index (χ1) is 14.8. The van der Waals surface area contributed by atoms with Crippen LogP contribution in [0.2, 0.25) is 0 Å². The minimum Gasteiger partial charge on any atom is -0.497 e. The second kappa shape index (κ2) is 8.53. The number of amides is 1. The molecule has 3 heterocycles. The van der Waals surface area contributed by atoms with Crippen LogP contribution in [0.3, 0.4) is 0 Å². The summed E-state index contributed by atoms with van der Waals surface area (Å²) >= 11 is 0. The summed E-state index contributed by atoms with van der Waals surface area (Å²) in [6.07, 6.45) is 0.986. The Morgan fingerprint density at radius 3 is 2.58 bits per heavy atom. The lowest BCUT2D eigenvalue weighted by Crippen LogP contribution is -2.49. The summed E-state index contributed by atoms with van der Waals surface area (Å²) < 4.78 is 30.9. The van der Waals surface area contributed by atoms with Crippen LogP contribution in [0, 0.1) is 13.8 Å². The molecule has 0 bridgehead atoms. The zero-order valence-corrected chi connectivity index (χ0v) is 19.2. The van der Waals surface area contributed by atoms with Crippen molar-refractivity contribution in [2.75, 3.05) is 49.7 Å². The van der Waals surface area contributed by atoms with Gasteiger partial charge in [0.25, 0.3) is 0 Å². The number of aromatic nitrogens is 2. The van der Waals surface area contributed by atoms with Crippen molar-refractivity contribution >= 4 is 21.4 Å². The van der Waals surface area contributed by atoms with Crippen molar-refractivity contribution in [2.24, 2.45) is 0 Å². The first-order valence-electron chi connectivity index (χ1n) is 10.7. The van der Waals surface area contributed by atoms with Crippen LogP contribution < -0.4 is 9.64 Å². The van der Waals surface area contributed by atoms with Gasteiger partial charge in [-0.3, -0.25) is 9.48 Å². The van der Waals surface area contributed by atoms with Gasteiger partial charge in [-0.05, 0) is 38.0 Å². The fourth-order valence-electron chi connectivity index (χ4n) is 4.68. The van der Waals surface area contributed by atoms with E-state index in [1.165, 1.54) is 0 Å². The van der Waals surface area contributed by atoms with Crippen molar-refractivity contribution in [3.63, 3.8) is 0 Å². The highest BCUT2D eigenvalue weighted by Crippen LogP contribution is 2.31. The first-order valence-corrected chi connectivity index (χ1v) is 12.5. The van der Waals surface area contributed by atoms with Gasteiger partial charge in [0.1, 0.15) is 5.75 Å². The summed E-state index contributed by atoms with van der Waals surface area (Å²) in [6, 6.07) is 7.54. The highest BCUT2D eigenvalue weighted by molar-refractivity contribution is 7.91. The van der Waals surface area contributed by atoms with E-state index in [2.05, 4.69) is 10.00 Å². The Bertz CT molecular complexity index is 1070. The normalized spacial score (nSPS) is 20.8. The zero-order valence-electron chi connectivity index (χ0n) is 18.4. The largest absolute Gasteiger partial charge is 0.497 e. The zero-order chi connectivity index (χ0) is 22.2. The Kier molecular flexibility index (Phi) is 5.96. The number of rotatable bonds is 5. The quantitative estimate of drug-likeness (QED) is 0.696. The van der Waals surface area contributed by atoms with Gasteiger partial charge in [0, 0.05) is 26.2 Å². The Labute approximate surface area is 183 Å². The molecule has 1 unspecified atom stereocenters. The molecule has 0 saturated carbocycles. The molecule has 1 aromatic carbocycles. The number of hydrogen-bond donors (Lipinski definition) is 0. The number of aryl methyl sites for hydroxylation is 1. The number of benzene rings is 1. The van der Waals surface area contributed by atoms with E-state index in [4.69, 9.17) is 4.74 Å². The molecular weight excluding hydrogens is 416 g/mol. The minimum absolute atomic E-state index is 0.0804. The highest BCUT2D eigenvalue weighted by Gasteiger charge is 2.33. The Morgan fingerprint density at radius 1 is 1.19 bits per heavy atom. The summed E-state index contributed by atoms with van der Waals surface area (Å²) in [5, 5.41) is 4.68. The molecule has 2 fully saturated rings. The number of piperazine rings is 1. The average molecular weight is 447 g/mol. The van der Waals surface area contributed by atoms with Crippen molar-refractivity contribution in [3.8, 4) is 5.75 Å². The van der Waals surface area contributed by atoms with Crippen LogP contribution in [0.4, 0.5) is 5.69 Å². The van der Waals surface area contributed by atoms with Crippen molar-refractivity contribution in [1.29, 1.82) is 0 Å². The molecule has 0 spiro atoms. The van der Waals surface area contributed by atoms with Crippen molar-refractivity contribution < 1.29 is 17.9 Å². The number of nitrogens with zero attached hydrogens (tertiary/aromatic N) is 4. The van der Waals surface area contributed by atoms with Crippen LogP contribution >= 0.6 is 0 Å². The maximum atomic E-state index is 12.8. The van der Waals surface area contributed by atoms with E-state index in [0.29, 0.717) is 25.9 Å². The smallest absolute Gasteiger partial charge is 0.227 e. The number of anilines is 1. The number of carbonyl (C=O) groups is 1. The third-order valence-corrected chi connectivity index (χ3v) is 8.03. The molecule has 0 aliphatic carbocycles. The van der Waals surface area contributed by atoms with Crippen LogP contribution in [0.1, 0.15) is 29.4 Å². The molecule has 1 atom stereocenters. The van der Waals surface area contributed by atoms with E-state index in [1.54, 1.807) is 7.11 Å². The lowest BCUT2D eigenvalue weighted by Gasteiger charge is -2.36. The van der Waals surface area contributed by atoms with Gasteiger partial charge >= 0.3 is 0 Å². The van der Waals surface area contributed by atoms with Gasteiger partial charge in [-0.2, -0.15) is 5.10 Å². The maximum Gasteiger partial charge on any atom is 0.227 e. The Balaban J connectivity index is 1.40. The Morgan fingerprint density at radius 2 is 1.94 bits per heavy atom. The summed E-state index contributed by atoms with van der Waals surface area (Å²) in [7, 11) is -1.34. The average Bonchev–Trinajstić information content (AvgIpc) is 3.26. The van der Waals surface area contributed by atoms with E-state index in [1.807, 2.05) is 47.7 Å².